The lowest BCUT2D eigenvalue weighted by molar-refractivity contribution is 0.618. The van der Waals surface area contributed by atoms with E-state index in [9.17, 15) is 0 Å². The van der Waals surface area contributed by atoms with Gasteiger partial charge in [-0.3, -0.25) is 0 Å². The molecule has 2 heterocycles. The predicted octanol–water partition coefficient (Wildman–Crippen LogP) is 9.97. The smallest absolute Gasteiger partial charge is 0.145 e. The summed E-state index contributed by atoms with van der Waals surface area (Å²) in [5.74, 6) is 0. The number of benzene rings is 6. The molecular weight excluding hydrogens is 440 g/mol. The second-order valence-corrected chi connectivity index (χ2v) is 9.27. The maximum absolute atomic E-state index is 6.57. The molecule has 0 saturated heterocycles. The van der Waals surface area contributed by atoms with Crippen LogP contribution in [0.3, 0.4) is 0 Å². The summed E-state index contributed by atoms with van der Waals surface area (Å²) in [5.41, 5.74) is 7.38. The molecule has 36 heavy (non-hydrogen) atoms. The van der Waals surface area contributed by atoms with E-state index in [2.05, 4.69) is 103 Å². The number of hydrogen-bond acceptors (Lipinski definition) is 2. The van der Waals surface area contributed by atoms with Crippen molar-refractivity contribution in [3.63, 3.8) is 0 Å². The molecule has 0 spiro atoms. The molecule has 2 aromatic heterocycles. The van der Waals surface area contributed by atoms with E-state index >= 15 is 0 Å². The Morgan fingerprint density at radius 3 is 1.81 bits per heavy atom. The van der Waals surface area contributed by atoms with Crippen molar-refractivity contribution in [1.82, 2.24) is 0 Å². The van der Waals surface area contributed by atoms with Crippen molar-refractivity contribution in [3.8, 4) is 22.3 Å². The number of fused-ring (bicyclic) bond motifs is 7. The monoisotopic (exact) mass is 460 g/mol. The minimum atomic E-state index is 0.842. The van der Waals surface area contributed by atoms with Crippen molar-refractivity contribution < 1.29 is 8.83 Å². The van der Waals surface area contributed by atoms with E-state index < -0.39 is 0 Å². The molecule has 0 saturated carbocycles. The first kappa shape index (κ1) is 19.5. The molecule has 2 heteroatoms. The highest BCUT2D eigenvalue weighted by Gasteiger charge is 2.21. The summed E-state index contributed by atoms with van der Waals surface area (Å²) in [6, 6.07) is 40.7. The highest BCUT2D eigenvalue weighted by atomic mass is 16.3. The summed E-state index contributed by atoms with van der Waals surface area (Å²) in [4.78, 5) is 0. The third kappa shape index (κ3) is 2.61. The van der Waals surface area contributed by atoms with Gasteiger partial charge in [0.25, 0.3) is 0 Å². The largest absolute Gasteiger partial charge is 0.464 e. The summed E-state index contributed by atoms with van der Waals surface area (Å²) in [6.45, 7) is 0. The van der Waals surface area contributed by atoms with E-state index in [1.165, 1.54) is 38.2 Å². The average molecular weight is 461 g/mol. The molecule has 0 aliphatic carbocycles. The van der Waals surface area contributed by atoms with Crippen LogP contribution < -0.4 is 0 Å². The number of hydrogen-bond donors (Lipinski definition) is 0. The first-order chi connectivity index (χ1) is 17.9. The minimum Gasteiger partial charge on any atom is -0.464 e. The van der Waals surface area contributed by atoms with Gasteiger partial charge in [0.1, 0.15) is 16.7 Å². The molecule has 6 aromatic carbocycles. The topological polar surface area (TPSA) is 26.3 Å². The van der Waals surface area contributed by atoms with Gasteiger partial charge in [-0.15, -0.1) is 0 Å². The Balaban J connectivity index is 1.56. The fourth-order valence-electron chi connectivity index (χ4n) is 5.84. The van der Waals surface area contributed by atoms with Crippen molar-refractivity contribution in [1.29, 1.82) is 0 Å². The van der Waals surface area contributed by atoms with E-state index in [4.69, 9.17) is 8.83 Å². The van der Waals surface area contributed by atoms with E-state index in [1.54, 1.807) is 6.26 Å². The van der Waals surface area contributed by atoms with Crippen LogP contribution in [-0.4, -0.2) is 0 Å². The molecule has 8 aromatic rings. The molecule has 168 valence electrons. The summed E-state index contributed by atoms with van der Waals surface area (Å²) in [5, 5.41) is 8.08. The zero-order chi connectivity index (χ0) is 23.6. The molecule has 0 amide bonds. The Bertz CT molecular complexity index is 2030. The fourth-order valence-corrected chi connectivity index (χ4v) is 5.84. The molecule has 8 rings (SSSR count). The van der Waals surface area contributed by atoms with Crippen LogP contribution in [0, 0.1) is 0 Å². The van der Waals surface area contributed by atoms with Gasteiger partial charge in [-0.2, -0.15) is 0 Å². The summed E-state index contributed by atoms with van der Waals surface area (Å²) in [7, 11) is 0. The van der Waals surface area contributed by atoms with Gasteiger partial charge < -0.3 is 8.83 Å². The van der Waals surface area contributed by atoms with Gasteiger partial charge in [0.2, 0.25) is 0 Å². The maximum atomic E-state index is 6.57. The first-order valence-corrected chi connectivity index (χ1v) is 12.2. The number of rotatable bonds is 2. The second-order valence-electron chi connectivity index (χ2n) is 9.27. The quantitative estimate of drug-likeness (QED) is 0.240. The van der Waals surface area contributed by atoms with Crippen LogP contribution in [-0.2, 0) is 0 Å². The molecular formula is C34H20O2. The molecule has 0 fully saturated rings. The normalized spacial score (nSPS) is 11.9. The van der Waals surface area contributed by atoms with Gasteiger partial charge in [0, 0.05) is 21.9 Å². The van der Waals surface area contributed by atoms with Gasteiger partial charge in [0.15, 0.2) is 0 Å². The third-order valence-corrected chi connectivity index (χ3v) is 7.34. The van der Waals surface area contributed by atoms with Crippen LogP contribution in [0.2, 0.25) is 0 Å². The fraction of sp³-hybridized carbons (Fsp3) is 0. The second kappa shape index (κ2) is 7.34. The molecule has 0 aliphatic rings. The van der Waals surface area contributed by atoms with E-state index in [-0.39, 0.29) is 0 Å². The zero-order valence-electron chi connectivity index (χ0n) is 19.4. The Hall–Kier alpha value is -4.82. The van der Waals surface area contributed by atoms with Crippen LogP contribution >= 0.6 is 0 Å². The van der Waals surface area contributed by atoms with Gasteiger partial charge >= 0.3 is 0 Å². The van der Waals surface area contributed by atoms with Crippen molar-refractivity contribution in [2.45, 2.75) is 0 Å². The van der Waals surface area contributed by atoms with Crippen molar-refractivity contribution in [2.24, 2.45) is 0 Å². The Morgan fingerprint density at radius 2 is 1.08 bits per heavy atom. The van der Waals surface area contributed by atoms with E-state index in [0.29, 0.717) is 0 Å². The van der Waals surface area contributed by atoms with Crippen LogP contribution in [0.5, 0.6) is 0 Å². The van der Waals surface area contributed by atoms with Gasteiger partial charge in [0.05, 0.1) is 11.6 Å². The number of furan rings is 2. The molecule has 0 bridgehead atoms. The Labute approximate surface area is 207 Å². The molecule has 0 aliphatic heterocycles. The summed E-state index contributed by atoms with van der Waals surface area (Å²) < 4.78 is 12.5. The van der Waals surface area contributed by atoms with Crippen molar-refractivity contribution >= 4 is 54.5 Å². The maximum Gasteiger partial charge on any atom is 0.145 e. The van der Waals surface area contributed by atoms with Gasteiger partial charge in [-0.05, 0) is 50.9 Å². The standard InChI is InChI=1S/C34H20O2/c1-2-9-21(10-3-1)30-23-11-4-6-13-25(23)31(26-14-7-5-12-24(26)30)27-15-8-16-28-32-29(36-34(27)28)18-17-22-19-20-35-33(22)32/h1-20H. The third-order valence-electron chi connectivity index (χ3n) is 7.34. The van der Waals surface area contributed by atoms with Gasteiger partial charge in [-0.1, -0.05) is 97.1 Å². The minimum absolute atomic E-state index is 0.842. The first-order valence-electron chi connectivity index (χ1n) is 12.2. The molecule has 2 nitrogen and oxygen atoms in total. The lowest BCUT2D eigenvalue weighted by Gasteiger charge is -2.17. The summed E-state index contributed by atoms with van der Waals surface area (Å²) in [6.07, 6.45) is 1.75. The Kier molecular flexibility index (Phi) is 3.97. The molecule has 0 radical (unpaired) electrons. The van der Waals surface area contributed by atoms with Crippen LogP contribution in [0.25, 0.3) is 76.7 Å². The van der Waals surface area contributed by atoms with Crippen LogP contribution in [0.15, 0.2) is 130 Å². The molecule has 0 unspecified atom stereocenters. The van der Waals surface area contributed by atoms with Crippen LogP contribution in [0.4, 0.5) is 0 Å². The SMILES string of the molecule is c1ccc(-c2c3ccccc3c(-c3cccc4c3oc3ccc5ccoc5c34)c3ccccc23)cc1. The Morgan fingerprint density at radius 1 is 0.444 bits per heavy atom. The van der Waals surface area contributed by atoms with Gasteiger partial charge in [-0.25, -0.2) is 0 Å². The molecule has 0 atom stereocenters. The zero-order valence-corrected chi connectivity index (χ0v) is 19.4. The summed E-state index contributed by atoms with van der Waals surface area (Å²) >= 11 is 0. The van der Waals surface area contributed by atoms with Crippen LogP contribution in [0.1, 0.15) is 0 Å². The van der Waals surface area contributed by atoms with E-state index in [0.717, 1.165) is 38.5 Å². The molecule has 0 N–H and O–H groups in total. The highest BCUT2D eigenvalue weighted by Crippen LogP contribution is 2.46. The highest BCUT2D eigenvalue weighted by molar-refractivity contribution is 6.25. The van der Waals surface area contributed by atoms with Crippen molar-refractivity contribution in [2.75, 3.05) is 0 Å². The lowest BCUT2D eigenvalue weighted by Crippen LogP contribution is -1.90. The average Bonchev–Trinajstić information content (AvgIpc) is 3.56. The number of para-hydroxylation sites is 1. The van der Waals surface area contributed by atoms with E-state index in [1.807, 2.05) is 12.1 Å². The van der Waals surface area contributed by atoms with Crippen molar-refractivity contribution in [3.05, 3.63) is 122 Å². The predicted molar refractivity (Wildman–Crippen MR) is 149 cm³/mol. The lowest BCUT2D eigenvalue weighted by atomic mass is 9.85.